The average molecular weight is 314 g/mol. The minimum atomic E-state index is -3.77. The summed E-state index contributed by atoms with van der Waals surface area (Å²) in [5.74, 6) is 4.36. The van der Waals surface area contributed by atoms with E-state index in [2.05, 4.69) is 16.6 Å². The van der Waals surface area contributed by atoms with Crippen LogP contribution in [-0.4, -0.2) is 34.7 Å². The Bertz CT molecular complexity index is 635. The molecule has 0 aromatic heterocycles. The van der Waals surface area contributed by atoms with Crippen LogP contribution in [0.3, 0.4) is 0 Å². The van der Waals surface area contributed by atoms with Gasteiger partial charge in [0.1, 0.15) is 5.82 Å². The van der Waals surface area contributed by atoms with Gasteiger partial charge in [-0.3, -0.25) is 0 Å². The molecule has 0 aliphatic rings. The highest BCUT2D eigenvalue weighted by atomic mass is 32.2. The number of benzene rings is 1. The second-order valence-electron chi connectivity index (χ2n) is 4.45. The standard InChI is InChI=1S/C14H19FN2O3S/c1-11(7-9-20-2)17-21(18,19)13-6-5-12(4-3-8-16)14(15)10-13/h5-6,10-11,17H,7-9,16H2,1-2H3. The van der Waals surface area contributed by atoms with Gasteiger partial charge in [0.15, 0.2) is 0 Å². The van der Waals surface area contributed by atoms with Crippen LogP contribution in [0.4, 0.5) is 4.39 Å². The molecular formula is C14H19FN2O3S. The molecule has 1 aromatic carbocycles. The van der Waals surface area contributed by atoms with Crippen molar-refractivity contribution in [2.75, 3.05) is 20.3 Å². The van der Waals surface area contributed by atoms with Gasteiger partial charge in [-0.25, -0.2) is 17.5 Å². The highest BCUT2D eigenvalue weighted by Crippen LogP contribution is 2.15. The number of ether oxygens (including phenoxy) is 1. The summed E-state index contributed by atoms with van der Waals surface area (Å²) in [4.78, 5) is -0.137. The summed E-state index contributed by atoms with van der Waals surface area (Å²) in [6.07, 6.45) is 0.526. The Labute approximate surface area is 124 Å². The highest BCUT2D eigenvalue weighted by Gasteiger charge is 2.18. The number of sulfonamides is 1. The summed E-state index contributed by atoms with van der Waals surface area (Å²) in [7, 11) is -2.23. The molecule has 0 heterocycles. The van der Waals surface area contributed by atoms with E-state index in [0.717, 1.165) is 6.07 Å². The second kappa shape index (κ2) is 8.10. The van der Waals surface area contributed by atoms with Gasteiger partial charge in [0.2, 0.25) is 10.0 Å². The fraction of sp³-hybridized carbons (Fsp3) is 0.429. The Morgan fingerprint density at radius 2 is 2.19 bits per heavy atom. The van der Waals surface area contributed by atoms with Crippen molar-refractivity contribution < 1.29 is 17.5 Å². The Morgan fingerprint density at radius 3 is 2.76 bits per heavy atom. The lowest BCUT2D eigenvalue weighted by Gasteiger charge is -2.14. The quantitative estimate of drug-likeness (QED) is 0.762. The molecule has 1 aromatic rings. The van der Waals surface area contributed by atoms with Crippen LogP contribution in [0.25, 0.3) is 0 Å². The maximum atomic E-state index is 13.8. The number of nitrogens with one attached hydrogen (secondary N) is 1. The first-order valence-electron chi connectivity index (χ1n) is 6.40. The molecule has 116 valence electrons. The molecule has 0 fully saturated rings. The van der Waals surface area contributed by atoms with E-state index in [1.165, 1.54) is 19.2 Å². The molecule has 0 radical (unpaired) electrons. The second-order valence-corrected chi connectivity index (χ2v) is 6.17. The summed E-state index contributed by atoms with van der Waals surface area (Å²) >= 11 is 0. The Kier molecular flexibility index (Phi) is 6.78. The number of rotatable bonds is 6. The van der Waals surface area contributed by atoms with Gasteiger partial charge in [0, 0.05) is 19.8 Å². The monoisotopic (exact) mass is 314 g/mol. The topological polar surface area (TPSA) is 81.4 Å². The lowest BCUT2D eigenvalue weighted by Crippen LogP contribution is -2.33. The van der Waals surface area contributed by atoms with Crippen molar-refractivity contribution in [2.45, 2.75) is 24.3 Å². The van der Waals surface area contributed by atoms with E-state index in [9.17, 15) is 12.8 Å². The summed E-state index contributed by atoms with van der Waals surface area (Å²) in [6.45, 7) is 2.26. The minimum absolute atomic E-state index is 0.109. The van der Waals surface area contributed by atoms with E-state index in [4.69, 9.17) is 10.5 Å². The van der Waals surface area contributed by atoms with Gasteiger partial charge >= 0.3 is 0 Å². The fourth-order valence-corrected chi connectivity index (χ4v) is 2.89. The number of methoxy groups -OCH3 is 1. The van der Waals surface area contributed by atoms with Crippen molar-refractivity contribution in [3.05, 3.63) is 29.6 Å². The largest absolute Gasteiger partial charge is 0.385 e. The summed E-state index contributed by atoms with van der Waals surface area (Å²) in [5, 5.41) is 0. The molecule has 5 nitrogen and oxygen atoms in total. The van der Waals surface area contributed by atoms with Crippen LogP contribution in [0.2, 0.25) is 0 Å². The van der Waals surface area contributed by atoms with E-state index >= 15 is 0 Å². The predicted octanol–water partition coefficient (Wildman–Crippen LogP) is 0.839. The van der Waals surface area contributed by atoms with E-state index in [1.54, 1.807) is 6.92 Å². The molecule has 0 bridgehead atoms. The molecule has 1 rings (SSSR count). The van der Waals surface area contributed by atoms with E-state index in [1.807, 2.05) is 0 Å². The first kappa shape index (κ1) is 17.6. The van der Waals surface area contributed by atoms with Crippen molar-refractivity contribution >= 4 is 10.0 Å². The van der Waals surface area contributed by atoms with Crippen LogP contribution < -0.4 is 10.5 Å². The van der Waals surface area contributed by atoms with E-state index < -0.39 is 15.8 Å². The maximum Gasteiger partial charge on any atom is 0.240 e. The average Bonchev–Trinajstić information content (AvgIpc) is 2.43. The Balaban J connectivity index is 2.91. The van der Waals surface area contributed by atoms with E-state index in [-0.39, 0.29) is 23.0 Å². The van der Waals surface area contributed by atoms with Crippen LogP contribution in [-0.2, 0) is 14.8 Å². The molecule has 0 saturated heterocycles. The maximum absolute atomic E-state index is 13.8. The third-order valence-corrected chi connectivity index (χ3v) is 4.27. The molecule has 1 unspecified atom stereocenters. The normalized spacial score (nSPS) is 12.6. The summed E-state index contributed by atoms with van der Waals surface area (Å²) in [6, 6.07) is 3.28. The number of nitrogens with two attached hydrogens (primary N) is 1. The third kappa shape index (κ3) is 5.44. The van der Waals surface area contributed by atoms with Crippen LogP contribution >= 0.6 is 0 Å². The van der Waals surface area contributed by atoms with Gasteiger partial charge < -0.3 is 10.5 Å². The fourth-order valence-electron chi connectivity index (χ4n) is 1.60. The van der Waals surface area contributed by atoms with Gasteiger partial charge in [-0.05, 0) is 31.5 Å². The zero-order valence-electron chi connectivity index (χ0n) is 12.0. The zero-order valence-corrected chi connectivity index (χ0v) is 12.8. The zero-order chi connectivity index (χ0) is 15.9. The minimum Gasteiger partial charge on any atom is -0.385 e. The van der Waals surface area contributed by atoms with Crippen LogP contribution in [0.5, 0.6) is 0 Å². The molecule has 0 amide bonds. The molecular weight excluding hydrogens is 295 g/mol. The third-order valence-electron chi connectivity index (χ3n) is 2.69. The molecule has 0 saturated carbocycles. The van der Waals surface area contributed by atoms with Gasteiger partial charge in [0.25, 0.3) is 0 Å². The lowest BCUT2D eigenvalue weighted by molar-refractivity contribution is 0.188. The SMILES string of the molecule is COCCC(C)NS(=O)(=O)c1ccc(C#CCN)c(F)c1. The van der Waals surface area contributed by atoms with Crippen molar-refractivity contribution in [1.29, 1.82) is 0 Å². The van der Waals surface area contributed by atoms with Crippen molar-refractivity contribution in [3.8, 4) is 11.8 Å². The smallest absolute Gasteiger partial charge is 0.240 e. The Morgan fingerprint density at radius 1 is 1.48 bits per heavy atom. The van der Waals surface area contributed by atoms with Gasteiger partial charge in [-0.2, -0.15) is 0 Å². The Hall–Kier alpha value is -1.46. The molecule has 0 aliphatic heterocycles. The molecule has 0 aliphatic carbocycles. The molecule has 3 N–H and O–H groups in total. The number of halogens is 1. The van der Waals surface area contributed by atoms with Crippen LogP contribution in [0.15, 0.2) is 23.1 Å². The summed E-state index contributed by atoms with van der Waals surface area (Å²) < 4.78 is 45.4. The van der Waals surface area contributed by atoms with Gasteiger partial charge in [0.05, 0.1) is 17.0 Å². The van der Waals surface area contributed by atoms with Crippen LogP contribution in [0, 0.1) is 17.7 Å². The van der Waals surface area contributed by atoms with Gasteiger partial charge in [-0.15, -0.1) is 0 Å². The highest BCUT2D eigenvalue weighted by molar-refractivity contribution is 7.89. The first-order valence-corrected chi connectivity index (χ1v) is 7.88. The van der Waals surface area contributed by atoms with E-state index in [0.29, 0.717) is 13.0 Å². The molecule has 7 heteroatoms. The van der Waals surface area contributed by atoms with Crippen molar-refractivity contribution in [1.82, 2.24) is 4.72 Å². The van der Waals surface area contributed by atoms with Crippen molar-refractivity contribution in [3.63, 3.8) is 0 Å². The van der Waals surface area contributed by atoms with Gasteiger partial charge in [-0.1, -0.05) is 11.8 Å². The first-order chi connectivity index (χ1) is 9.90. The molecule has 21 heavy (non-hydrogen) atoms. The number of hydrogen-bond donors (Lipinski definition) is 2. The number of hydrogen-bond acceptors (Lipinski definition) is 4. The lowest BCUT2D eigenvalue weighted by atomic mass is 10.2. The molecule has 1 atom stereocenters. The predicted molar refractivity (Wildman–Crippen MR) is 78.6 cm³/mol. The van der Waals surface area contributed by atoms with Crippen molar-refractivity contribution in [2.24, 2.45) is 5.73 Å². The van der Waals surface area contributed by atoms with Crippen LogP contribution in [0.1, 0.15) is 18.9 Å². The molecule has 0 spiro atoms. The summed E-state index contributed by atoms with van der Waals surface area (Å²) in [5.41, 5.74) is 5.33.